The van der Waals surface area contributed by atoms with Crippen LogP contribution in [0.2, 0.25) is 0 Å². The molecule has 4 N–H and O–H groups in total. The van der Waals surface area contributed by atoms with E-state index in [0.717, 1.165) is 12.1 Å². The molecule has 0 aromatic heterocycles. The van der Waals surface area contributed by atoms with Gasteiger partial charge in [0.25, 0.3) is 0 Å². The maximum atomic E-state index is 13.6. The molecule has 3 aliphatic rings. The summed E-state index contributed by atoms with van der Waals surface area (Å²) in [6.45, 7) is 1.94. The number of amides is 2. The van der Waals surface area contributed by atoms with Crippen LogP contribution in [0.5, 0.6) is 0 Å². The summed E-state index contributed by atoms with van der Waals surface area (Å²) in [6.07, 6.45) is -7.46. The molecule has 45 heavy (non-hydrogen) atoms. The van der Waals surface area contributed by atoms with Crippen molar-refractivity contribution in [3.63, 3.8) is 0 Å². The van der Waals surface area contributed by atoms with Crippen LogP contribution in [-0.4, -0.2) is 89.9 Å². The molecule has 0 aliphatic carbocycles. The zero-order valence-corrected chi connectivity index (χ0v) is 24.6. The minimum atomic E-state index is -4.61. The summed E-state index contributed by atoms with van der Waals surface area (Å²) in [4.78, 5) is 38.0. The van der Waals surface area contributed by atoms with Crippen LogP contribution in [0.1, 0.15) is 35.2 Å². The minimum Gasteiger partial charge on any atom is -0.554 e. The molecule has 0 bridgehead atoms. The Morgan fingerprint density at radius 1 is 1.20 bits per heavy atom. The molecular formula is C29H33F3N6O7. The molecule has 5 rings (SSSR count). The lowest BCUT2D eigenvalue weighted by Gasteiger charge is -2.52. The number of likely N-dealkylation sites (N-methyl/N-ethyl adjacent to an activating group) is 1. The second kappa shape index (κ2) is 12.9. The number of aliphatic hydroxyl groups excluding tert-OH is 2. The highest BCUT2D eigenvalue weighted by Gasteiger charge is 2.55. The zero-order valence-electron chi connectivity index (χ0n) is 24.6. The Labute approximate surface area is 256 Å². The molecule has 3 heterocycles. The number of carbonyl (C=O) groups is 3. The van der Waals surface area contributed by atoms with Gasteiger partial charge in [0.1, 0.15) is 37.8 Å². The average molecular weight is 635 g/mol. The number of alkyl halides is 3. The first-order valence-corrected chi connectivity index (χ1v) is 13.8. The molecule has 5 unspecified atom stereocenters. The Hall–Kier alpha value is -4.43. The van der Waals surface area contributed by atoms with Crippen molar-refractivity contribution >= 4 is 24.2 Å². The maximum absolute atomic E-state index is 13.6. The first kappa shape index (κ1) is 33.5. The highest BCUT2D eigenvalue weighted by molar-refractivity contribution is 5.82. The van der Waals surface area contributed by atoms with Gasteiger partial charge in [0, 0.05) is 23.8 Å². The fourth-order valence-corrected chi connectivity index (χ4v) is 6.57. The number of nitrogens with one attached hydrogen (secondary N) is 2. The summed E-state index contributed by atoms with van der Waals surface area (Å²) in [5, 5.41) is 38.4. The first-order chi connectivity index (χ1) is 21.2. The number of hydrogen-bond acceptors (Lipinski definition) is 10. The van der Waals surface area contributed by atoms with Gasteiger partial charge in [-0.25, -0.2) is 4.79 Å². The van der Waals surface area contributed by atoms with E-state index in [2.05, 4.69) is 16.9 Å². The molecule has 0 saturated carbocycles. The first-order valence-electron chi connectivity index (χ1n) is 13.8. The van der Waals surface area contributed by atoms with Gasteiger partial charge < -0.3 is 34.2 Å². The van der Waals surface area contributed by atoms with Crippen molar-refractivity contribution < 1.29 is 52.1 Å². The largest absolute Gasteiger partial charge is 0.554 e. The van der Waals surface area contributed by atoms with Crippen LogP contribution in [-0.2, 0) is 27.0 Å². The number of methoxy groups -OCH3 is 1. The van der Waals surface area contributed by atoms with Crippen molar-refractivity contribution in [1.82, 2.24) is 15.8 Å². The summed E-state index contributed by atoms with van der Waals surface area (Å²) >= 11 is 0. The number of rotatable bonds is 5. The molecule has 2 aromatic carbocycles. The summed E-state index contributed by atoms with van der Waals surface area (Å²) < 4.78 is 46.3. The third kappa shape index (κ3) is 6.52. The average Bonchev–Trinajstić information content (AvgIpc) is 3.48. The number of fused-ring (bicyclic) bond motifs is 1. The Bertz CT molecular complexity index is 1470. The van der Waals surface area contributed by atoms with Crippen molar-refractivity contribution in [2.75, 3.05) is 32.1 Å². The maximum Gasteiger partial charge on any atom is 0.416 e. The van der Waals surface area contributed by atoms with Crippen LogP contribution in [0.25, 0.3) is 0 Å². The smallest absolute Gasteiger partial charge is 0.416 e. The van der Waals surface area contributed by atoms with Gasteiger partial charge in [-0.3, -0.25) is 15.1 Å². The van der Waals surface area contributed by atoms with E-state index in [1.165, 1.54) is 29.0 Å². The Morgan fingerprint density at radius 2 is 1.84 bits per heavy atom. The number of hydrogen-bond donors (Lipinski definition) is 4. The number of nitriles is 1. The van der Waals surface area contributed by atoms with Crippen LogP contribution < -0.4 is 20.9 Å². The molecule has 242 valence electrons. The predicted octanol–water partition coefficient (Wildman–Crippen LogP) is 0.178. The predicted molar refractivity (Wildman–Crippen MR) is 148 cm³/mol. The summed E-state index contributed by atoms with van der Waals surface area (Å²) in [5.41, 5.74) is 6.15. The van der Waals surface area contributed by atoms with E-state index < -0.39 is 66.7 Å². The fourth-order valence-electron chi connectivity index (χ4n) is 6.57. The van der Waals surface area contributed by atoms with E-state index in [1.807, 2.05) is 7.05 Å². The van der Waals surface area contributed by atoms with E-state index >= 15 is 0 Å². The van der Waals surface area contributed by atoms with Gasteiger partial charge in [0.2, 0.25) is 0 Å². The number of quaternary nitrogens is 1. The van der Waals surface area contributed by atoms with Crippen molar-refractivity contribution in [2.45, 2.75) is 50.2 Å². The number of aliphatic hydroxyl groups is 2. The molecule has 2 amide bonds. The number of hydrazine groups is 1. The summed E-state index contributed by atoms with van der Waals surface area (Å²) in [6, 6.07) is 9.34. The molecule has 16 heteroatoms. The standard InChI is InChI=1S/C28H31F3N6O5.CH2O2/c1-15-23(25(40)42-3)24(20-8-7-16(11-32)9-17(20)12-37(2)13-21(38)22(39)14-37)36-26(33-34-27(36)41)35(15)19-6-4-5-18(10-19)28(29,30)31;2-1-3/h4-10,15,21-24,26,33,38-39H,12-14H2,1-3H3;1H,(H,2,3)/t15?,21?,22?,23?,24-,26?,37?;/m0./s1. The number of nitrogens with zero attached hydrogens (tertiary/aromatic N) is 4. The molecule has 0 spiro atoms. The van der Waals surface area contributed by atoms with Gasteiger partial charge in [0.15, 0.2) is 6.29 Å². The third-order valence-electron chi connectivity index (χ3n) is 8.46. The van der Waals surface area contributed by atoms with E-state index in [4.69, 9.17) is 14.6 Å². The Morgan fingerprint density at radius 3 is 2.42 bits per heavy atom. The number of carbonyl (C=O) groups excluding carboxylic acids is 3. The number of halogens is 3. The summed E-state index contributed by atoms with van der Waals surface area (Å²) in [5.74, 6) is -1.73. The SMILES string of the molecule is COC(=O)C1C(C)N(c2cccc(C(F)(F)F)c2)C2NNC(=O)N2[C@H]1c1ccc(C#N)cc1C[N+]1(C)CC(O)C(O)C1.O=C[O-]. The van der Waals surface area contributed by atoms with E-state index in [-0.39, 0.29) is 29.8 Å². The van der Waals surface area contributed by atoms with Crippen LogP contribution in [0.15, 0.2) is 42.5 Å². The number of benzene rings is 2. The van der Waals surface area contributed by atoms with Gasteiger partial charge in [-0.2, -0.15) is 23.9 Å². The number of urea groups is 1. The zero-order chi connectivity index (χ0) is 33.3. The molecule has 2 aromatic rings. The van der Waals surface area contributed by atoms with Crippen LogP contribution >= 0.6 is 0 Å². The fraction of sp³-hybridized carbons (Fsp3) is 0.448. The third-order valence-corrected chi connectivity index (χ3v) is 8.46. The van der Waals surface area contributed by atoms with E-state index in [1.54, 1.807) is 25.1 Å². The normalized spacial score (nSPS) is 29.2. The topological polar surface area (TPSA) is 178 Å². The number of carboxylic acid groups (broad SMARTS) is 1. The quantitative estimate of drug-likeness (QED) is 0.202. The lowest BCUT2D eigenvalue weighted by Crippen LogP contribution is -2.65. The highest BCUT2D eigenvalue weighted by atomic mass is 19.4. The molecule has 3 saturated heterocycles. The van der Waals surface area contributed by atoms with Crippen molar-refractivity contribution in [3.05, 3.63) is 64.7 Å². The van der Waals surface area contributed by atoms with Gasteiger partial charge >= 0.3 is 18.2 Å². The monoisotopic (exact) mass is 634 g/mol. The van der Waals surface area contributed by atoms with Gasteiger partial charge in [0.05, 0.1) is 37.4 Å². The van der Waals surface area contributed by atoms with Crippen molar-refractivity contribution in [2.24, 2.45) is 5.92 Å². The lowest BCUT2D eigenvalue weighted by molar-refractivity contribution is -0.913. The van der Waals surface area contributed by atoms with Crippen LogP contribution in [0, 0.1) is 17.2 Å². The van der Waals surface area contributed by atoms with Crippen molar-refractivity contribution in [1.29, 1.82) is 5.26 Å². The van der Waals surface area contributed by atoms with Gasteiger partial charge in [-0.15, -0.1) is 0 Å². The Kier molecular flexibility index (Phi) is 9.59. The molecule has 13 nitrogen and oxygen atoms in total. The molecule has 3 aliphatic heterocycles. The number of likely N-dealkylation sites (tertiary alicyclic amines) is 1. The van der Waals surface area contributed by atoms with Crippen molar-refractivity contribution in [3.8, 4) is 6.07 Å². The van der Waals surface area contributed by atoms with Gasteiger partial charge in [-0.1, -0.05) is 12.1 Å². The summed E-state index contributed by atoms with van der Waals surface area (Å²) in [7, 11) is 3.06. The number of anilines is 1. The number of esters is 1. The lowest BCUT2D eigenvalue weighted by atomic mass is 9.81. The Balaban J connectivity index is 0.00000148. The second-order valence-corrected chi connectivity index (χ2v) is 11.4. The van der Waals surface area contributed by atoms with E-state index in [9.17, 15) is 38.2 Å². The molecular weight excluding hydrogens is 601 g/mol. The van der Waals surface area contributed by atoms with Crippen LogP contribution in [0.4, 0.5) is 23.7 Å². The van der Waals surface area contributed by atoms with Gasteiger partial charge in [-0.05, 0) is 42.8 Å². The number of ether oxygens (including phenoxy) is 1. The molecule has 6 atom stereocenters. The molecule has 3 fully saturated rings. The minimum absolute atomic E-state index is 0.141. The second-order valence-electron chi connectivity index (χ2n) is 11.4. The van der Waals surface area contributed by atoms with Crippen LogP contribution in [0.3, 0.4) is 0 Å². The van der Waals surface area contributed by atoms with E-state index in [0.29, 0.717) is 16.7 Å². The highest BCUT2D eigenvalue weighted by Crippen LogP contribution is 2.45. The molecule has 0 radical (unpaired) electrons.